The van der Waals surface area contributed by atoms with Gasteiger partial charge in [-0.25, -0.2) is 0 Å². The van der Waals surface area contributed by atoms with Crippen LogP contribution < -0.4 is 4.74 Å². The third-order valence-electron chi connectivity index (χ3n) is 4.62. The Bertz CT molecular complexity index is 511. The van der Waals surface area contributed by atoms with Gasteiger partial charge in [0.1, 0.15) is 5.75 Å². The number of esters is 1. The summed E-state index contributed by atoms with van der Waals surface area (Å²) in [4.78, 5) is 14.7. The van der Waals surface area contributed by atoms with E-state index in [-0.39, 0.29) is 11.5 Å². The normalized spacial score (nSPS) is 25.2. The smallest absolute Gasteiger partial charge is 0.308 e. The first-order chi connectivity index (χ1) is 10.3. The molecular weight excluding hydrogens is 266 g/mol. The van der Waals surface area contributed by atoms with Crippen molar-refractivity contribution in [3.63, 3.8) is 0 Å². The maximum atomic E-state index is 12.2. The molecule has 0 radical (unpaired) electrons. The number of nitrogens with zero attached hydrogens (tertiary/aromatic N) is 1. The highest BCUT2D eigenvalue weighted by molar-refractivity contribution is 5.72. The van der Waals surface area contributed by atoms with Crippen molar-refractivity contribution in [3.05, 3.63) is 29.8 Å². The maximum absolute atomic E-state index is 12.2. The van der Waals surface area contributed by atoms with Gasteiger partial charge in [0.15, 0.2) is 0 Å². The van der Waals surface area contributed by atoms with Gasteiger partial charge in [-0.3, -0.25) is 9.69 Å². The van der Waals surface area contributed by atoms with E-state index in [4.69, 9.17) is 9.47 Å². The fourth-order valence-corrected chi connectivity index (χ4v) is 3.66. The van der Waals surface area contributed by atoms with E-state index >= 15 is 0 Å². The van der Waals surface area contributed by atoms with Gasteiger partial charge in [0.25, 0.3) is 0 Å². The number of carbonyl (C=O) groups is 1. The van der Waals surface area contributed by atoms with Crippen molar-refractivity contribution in [2.45, 2.75) is 38.1 Å². The molecule has 0 amide bonds. The lowest BCUT2D eigenvalue weighted by atomic mass is 9.80. The molecule has 4 nitrogen and oxygen atoms in total. The Morgan fingerprint density at radius 3 is 2.86 bits per heavy atom. The molecule has 3 rings (SSSR count). The highest BCUT2D eigenvalue weighted by Crippen LogP contribution is 2.45. The average molecular weight is 289 g/mol. The summed E-state index contributed by atoms with van der Waals surface area (Å²) >= 11 is 0. The van der Waals surface area contributed by atoms with Crippen molar-refractivity contribution in [2.24, 2.45) is 0 Å². The van der Waals surface area contributed by atoms with Crippen LogP contribution in [0.1, 0.15) is 38.2 Å². The number of likely N-dealkylation sites (tertiary alicyclic amines) is 1. The topological polar surface area (TPSA) is 38.8 Å². The van der Waals surface area contributed by atoms with Crippen LogP contribution >= 0.6 is 0 Å². The second-order valence-electron chi connectivity index (χ2n) is 5.80. The Balaban J connectivity index is 1.98. The number of benzene rings is 1. The van der Waals surface area contributed by atoms with E-state index < -0.39 is 0 Å². The van der Waals surface area contributed by atoms with Crippen LogP contribution in [0.4, 0.5) is 0 Å². The average Bonchev–Trinajstić information content (AvgIpc) is 3.02. The van der Waals surface area contributed by atoms with Crippen LogP contribution in [-0.2, 0) is 15.1 Å². The predicted molar refractivity (Wildman–Crippen MR) is 80.3 cm³/mol. The quantitative estimate of drug-likeness (QED) is 0.799. The molecule has 1 aromatic carbocycles. The molecule has 2 aliphatic rings. The van der Waals surface area contributed by atoms with Gasteiger partial charge in [-0.15, -0.1) is 0 Å². The molecule has 4 heteroatoms. The molecule has 0 spiro atoms. The number of hydrogen-bond donors (Lipinski definition) is 0. The molecule has 0 aromatic heterocycles. The van der Waals surface area contributed by atoms with Gasteiger partial charge < -0.3 is 9.47 Å². The van der Waals surface area contributed by atoms with E-state index in [0.717, 1.165) is 30.8 Å². The minimum Gasteiger partial charge on any atom is -0.493 e. The van der Waals surface area contributed by atoms with Gasteiger partial charge in [0.05, 0.1) is 25.2 Å². The summed E-state index contributed by atoms with van der Waals surface area (Å²) in [7, 11) is 0. The summed E-state index contributed by atoms with van der Waals surface area (Å²) in [5, 5.41) is 0. The molecule has 2 aliphatic heterocycles. The van der Waals surface area contributed by atoms with Gasteiger partial charge in [-0.1, -0.05) is 18.2 Å². The summed E-state index contributed by atoms with van der Waals surface area (Å²) in [5.74, 6) is 0.807. The molecule has 1 unspecified atom stereocenters. The zero-order valence-corrected chi connectivity index (χ0v) is 12.6. The highest BCUT2D eigenvalue weighted by atomic mass is 16.5. The monoisotopic (exact) mass is 289 g/mol. The first-order valence-electron chi connectivity index (χ1n) is 7.89. The zero-order valence-electron chi connectivity index (χ0n) is 12.6. The summed E-state index contributed by atoms with van der Waals surface area (Å²) < 4.78 is 11.0. The number of hydrogen-bond acceptors (Lipinski definition) is 4. The lowest BCUT2D eigenvalue weighted by Gasteiger charge is -2.45. The first-order valence-corrected chi connectivity index (χ1v) is 7.89. The van der Waals surface area contributed by atoms with Gasteiger partial charge in [0.2, 0.25) is 0 Å². The molecule has 1 aromatic rings. The first kappa shape index (κ1) is 14.4. The van der Waals surface area contributed by atoms with Gasteiger partial charge in [-0.05, 0) is 38.9 Å². The molecule has 0 saturated carbocycles. The number of carbonyl (C=O) groups excluding carboxylic acids is 1. The van der Waals surface area contributed by atoms with Crippen molar-refractivity contribution < 1.29 is 14.3 Å². The molecule has 0 aliphatic carbocycles. The molecular formula is C17H23NO3. The van der Waals surface area contributed by atoms with E-state index in [9.17, 15) is 4.79 Å². The third-order valence-corrected chi connectivity index (χ3v) is 4.62. The summed E-state index contributed by atoms with van der Waals surface area (Å²) in [6.07, 6.45) is 3.67. The Labute approximate surface area is 126 Å². The fraction of sp³-hybridized carbons (Fsp3) is 0.588. The largest absolute Gasteiger partial charge is 0.493 e. The molecule has 0 N–H and O–H groups in total. The van der Waals surface area contributed by atoms with E-state index in [1.54, 1.807) is 0 Å². The van der Waals surface area contributed by atoms with Crippen LogP contribution in [0.3, 0.4) is 0 Å². The summed E-state index contributed by atoms with van der Waals surface area (Å²) in [5.41, 5.74) is 0.892. The SMILES string of the molecule is CCOC(=O)CC1(N2CCCC2)CCOc2ccccc21. The maximum Gasteiger partial charge on any atom is 0.308 e. The van der Waals surface area contributed by atoms with Crippen molar-refractivity contribution in [1.29, 1.82) is 0 Å². The number of para-hydroxylation sites is 1. The standard InChI is InChI=1S/C17H23NO3/c1-2-20-16(19)13-17(18-10-5-6-11-18)9-12-21-15-8-4-3-7-14(15)17/h3-4,7-8H,2,5-6,9-13H2,1H3. The predicted octanol–water partition coefficient (Wildman–Crippen LogP) is 2.71. The molecule has 0 bridgehead atoms. The molecule has 2 heterocycles. The van der Waals surface area contributed by atoms with Crippen LogP contribution in [0.5, 0.6) is 5.75 Å². The Morgan fingerprint density at radius 1 is 1.33 bits per heavy atom. The number of rotatable bonds is 4. The molecule has 1 fully saturated rings. The minimum atomic E-state index is -0.252. The number of ether oxygens (including phenoxy) is 2. The van der Waals surface area contributed by atoms with Crippen molar-refractivity contribution in [1.82, 2.24) is 4.90 Å². The van der Waals surface area contributed by atoms with Crippen molar-refractivity contribution in [2.75, 3.05) is 26.3 Å². The minimum absolute atomic E-state index is 0.110. The Hall–Kier alpha value is -1.55. The van der Waals surface area contributed by atoms with Crippen LogP contribution in [0, 0.1) is 0 Å². The van der Waals surface area contributed by atoms with Crippen LogP contribution in [0.2, 0.25) is 0 Å². The molecule has 1 saturated heterocycles. The van der Waals surface area contributed by atoms with E-state index in [1.807, 2.05) is 25.1 Å². The fourth-order valence-electron chi connectivity index (χ4n) is 3.66. The third kappa shape index (κ3) is 2.64. The van der Waals surface area contributed by atoms with E-state index in [1.165, 1.54) is 12.8 Å². The molecule has 114 valence electrons. The highest BCUT2D eigenvalue weighted by Gasteiger charge is 2.45. The second-order valence-corrected chi connectivity index (χ2v) is 5.80. The van der Waals surface area contributed by atoms with Crippen LogP contribution in [0.25, 0.3) is 0 Å². The van der Waals surface area contributed by atoms with Gasteiger partial charge >= 0.3 is 5.97 Å². The summed E-state index contributed by atoms with van der Waals surface area (Å²) in [6, 6.07) is 8.13. The number of fused-ring (bicyclic) bond motifs is 1. The van der Waals surface area contributed by atoms with Crippen LogP contribution in [0.15, 0.2) is 24.3 Å². The van der Waals surface area contributed by atoms with Gasteiger partial charge in [-0.2, -0.15) is 0 Å². The Kier molecular flexibility index (Phi) is 4.15. The molecule has 21 heavy (non-hydrogen) atoms. The Morgan fingerprint density at radius 2 is 2.10 bits per heavy atom. The second kappa shape index (κ2) is 6.06. The van der Waals surface area contributed by atoms with E-state index in [2.05, 4.69) is 11.0 Å². The van der Waals surface area contributed by atoms with Crippen LogP contribution in [-0.4, -0.2) is 37.2 Å². The van der Waals surface area contributed by atoms with E-state index in [0.29, 0.717) is 19.6 Å². The molecule has 1 atom stereocenters. The zero-order chi connectivity index (χ0) is 14.7. The summed E-state index contributed by atoms with van der Waals surface area (Å²) in [6.45, 7) is 5.06. The van der Waals surface area contributed by atoms with Gasteiger partial charge in [0, 0.05) is 12.0 Å². The van der Waals surface area contributed by atoms with Crippen molar-refractivity contribution >= 4 is 5.97 Å². The lowest BCUT2D eigenvalue weighted by molar-refractivity contribution is -0.147. The lowest BCUT2D eigenvalue weighted by Crippen LogP contribution is -2.49. The van der Waals surface area contributed by atoms with Crippen molar-refractivity contribution in [3.8, 4) is 5.75 Å².